The SMILES string of the molecule is CN(C)C(=O)CNC(=O)C[NH+]1CCC(C(=O)Nc2ccccc2)CC1. The number of likely N-dealkylation sites (N-methyl/N-ethyl adjacent to an activating group) is 1. The molecule has 0 aliphatic carbocycles. The van der Waals surface area contributed by atoms with E-state index in [0.717, 1.165) is 36.5 Å². The van der Waals surface area contributed by atoms with Crippen LogP contribution in [0.3, 0.4) is 0 Å². The Morgan fingerprint density at radius 1 is 1.12 bits per heavy atom. The van der Waals surface area contributed by atoms with E-state index in [-0.39, 0.29) is 30.2 Å². The van der Waals surface area contributed by atoms with E-state index in [1.807, 2.05) is 30.3 Å². The van der Waals surface area contributed by atoms with E-state index >= 15 is 0 Å². The molecule has 0 saturated carbocycles. The molecule has 136 valence electrons. The maximum Gasteiger partial charge on any atom is 0.275 e. The Balaban J connectivity index is 1.69. The number of hydrogen-bond acceptors (Lipinski definition) is 3. The van der Waals surface area contributed by atoms with Crippen molar-refractivity contribution in [2.24, 2.45) is 5.92 Å². The Kier molecular flexibility index (Phi) is 6.94. The number of amides is 3. The van der Waals surface area contributed by atoms with Gasteiger partial charge in [-0.15, -0.1) is 0 Å². The summed E-state index contributed by atoms with van der Waals surface area (Å²) < 4.78 is 0. The third-order valence-corrected chi connectivity index (χ3v) is 4.45. The molecule has 7 heteroatoms. The first kappa shape index (κ1) is 18.9. The monoisotopic (exact) mass is 347 g/mol. The predicted molar refractivity (Wildman–Crippen MR) is 95.1 cm³/mol. The van der Waals surface area contributed by atoms with Crippen molar-refractivity contribution in [2.45, 2.75) is 12.8 Å². The molecule has 25 heavy (non-hydrogen) atoms. The molecule has 1 aliphatic heterocycles. The van der Waals surface area contributed by atoms with Crippen molar-refractivity contribution in [3.8, 4) is 0 Å². The minimum Gasteiger partial charge on any atom is -0.347 e. The molecule has 1 aliphatic rings. The maximum atomic E-state index is 12.3. The van der Waals surface area contributed by atoms with Crippen molar-refractivity contribution < 1.29 is 19.3 Å². The van der Waals surface area contributed by atoms with Crippen molar-refractivity contribution in [1.82, 2.24) is 10.2 Å². The lowest BCUT2D eigenvalue weighted by Crippen LogP contribution is -3.14. The average Bonchev–Trinajstić information content (AvgIpc) is 2.61. The lowest BCUT2D eigenvalue weighted by Gasteiger charge is -2.28. The molecule has 0 bridgehead atoms. The smallest absolute Gasteiger partial charge is 0.275 e. The fourth-order valence-electron chi connectivity index (χ4n) is 2.85. The fraction of sp³-hybridized carbons (Fsp3) is 0.500. The highest BCUT2D eigenvalue weighted by molar-refractivity contribution is 5.92. The summed E-state index contributed by atoms with van der Waals surface area (Å²) in [6.07, 6.45) is 1.52. The van der Waals surface area contributed by atoms with Crippen molar-refractivity contribution in [3.05, 3.63) is 30.3 Å². The Hall–Kier alpha value is -2.41. The van der Waals surface area contributed by atoms with Crippen LogP contribution < -0.4 is 15.5 Å². The third kappa shape index (κ3) is 6.19. The number of likely N-dealkylation sites (tertiary alicyclic amines) is 1. The van der Waals surface area contributed by atoms with Crippen molar-refractivity contribution in [3.63, 3.8) is 0 Å². The number of piperidine rings is 1. The molecule has 3 N–H and O–H groups in total. The quantitative estimate of drug-likeness (QED) is 0.625. The Morgan fingerprint density at radius 2 is 1.76 bits per heavy atom. The highest BCUT2D eigenvalue weighted by Crippen LogP contribution is 2.13. The molecule has 0 atom stereocenters. The van der Waals surface area contributed by atoms with Crippen LogP contribution >= 0.6 is 0 Å². The molecular weight excluding hydrogens is 320 g/mol. The molecule has 0 aromatic heterocycles. The van der Waals surface area contributed by atoms with Gasteiger partial charge in [-0.25, -0.2) is 0 Å². The summed E-state index contributed by atoms with van der Waals surface area (Å²) in [5, 5.41) is 5.59. The molecule has 0 unspecified atom stereocenters. The highest BCUT2D eigenvalue weighted by atomic mass is 16.2. The normalized spacial score (nSPS) is 19.8. The average molecular weight is 347 g/mol. The Morgan fingerprint density at radius 3 is 2.36 bits per heavy atom. The van der Waals surface area contributed by atoms with Crippen molar-refractivity contribution >= 4 is 23.4 Å². The topological polar surface area (TPSA) is 83.0 Å². The standard InChI is InChI=1S/C18H26N4O3/c1-21(2)17(24)12-19-16(23)13-22-10-8-14(9-11-22)18(25)20-15-6-4-3-5-7-15/h3-7,14H,8-13H2,1-2H3,(H,19,23)(H,20,25)/p+1. The van der Waals surface area contributed by atoms with Crippen LogP contribution in [0.1, 0.15) is 12.8 Å². The predicted octanol–water partition coefficient (Wildman–Crippen LogP) is -0.876. The first-order chi connectivity index (χ1) is 12.0. The van der Waals surface area contributed by atoms with E-state index in [4.69, 9.17) is 0 Å². The van der Waals surface area contributed by atoms with Gasteiger partial charge in [0.05, 0.1) is 19.6 Å². The Bertz CT molecular complexity index is 596. The molecule has 7 nitrogen and oxygen atoms in total. The number of carbonyl (C=O) groups is 3. The van der Waals surface area contributed by atoms with Crippen molar-refractivity contribution in [2.75, 3.05) is 45.6 Å². The van der Waals surface area contributed by atoms with Gasteiger partial charge in [-0.3, -0.25) is 14.4 Å². The van der Waals surface area contributed by atoms with E-state index in [1.54, 1.807) is 14.1 Å². The van der Waals surface area contributed by atoms with E-state index in [2.05, 4.69) is 10.6 Å². The lowest BCUT2D eigenvalue weighted by molar-refractivity contribution is -0.897. The van der Waals surface area contributed by atoms with Gasteiger partial charge in [-0.1, -0.05) is 18.2 Å². The molecule has 1 aromatic carbocycles. The molecule has 1 aromatic rings. The summed E-state index contributed by atoms with van der Waals surface area (Å²) in [4.78, 5) is 38.3. The molecule has 1 saturated heterocycles. The minimum atomic E-state index is -0.127. The first-order valence-corrected chi connectivity index (χ1v) is 8.62. The van der Waals surface area contributed by atoms with E-state index in [1.165, 1.54) is 4.90 Å². The zero-order chi connectivity index (χ0) is 18.2. The van der Waals surface area contributed by atoms with Crippen LogP contribution in [0.5, 0.6) is 0 Å². The van der Waals surface area contributed by atoms with Gasteiger partial charge in [0.15, 0.2) is 6.54 Å². The lowest BCUT2D eigenvalue weighted by atomic mass is 9.96. The fourth-order valence-corrected chi connectivity index (χ4v) is 2.85. The van der Waals surface area contributed by atoms with Crippen LogP contribution in [0, 0.1) is 5.92 Å². The van der Waals surface area contributed by atoms with Gasteiger partial charge in [-0.2, -0.15) is 0 Å². The zero-order valence-electron chi connectivity index (χ0n) is 14.9. The van der Waals surface area contributed by atoms with Gasteiger partial charge in [0.2, 0.25) is 11.8 Å². The second-order valence-electron chi connectivity index (χ2n) is 6.62. The number of rotatable bonds is 6. The summed E-state index contributed by atoms with van der Waals surface area (Å²) >= 11 is 0. The molecule has 2 rings (SSSR count). The molecular formula is C18H27N4O3+. The van der Waals surface area contributed by atoms with Crippen LogP contribution in [0.15, 0.2) is 30.3 Å². The Labute approximate surface area is 148 Å². The number of para-hydroxylation sites is 1. The van der Waals surface area contributed by atoms with Gasteiger partial charge < -0.3 is 20.4 Å². The number of anilines is 1. The van der Waals surface area contributed by atoms with E-state index < -0.39 is 0 Å². The number of carbonyl (C=O) groups excluding carboxylic acids is 3. The van der Waals surface area contributed by atoms with Gasteiger partial charge in [-0.05, 0) is 12.1 Å². The van der Waals surface area contributed by atoms with Crippen LogP contribution in [-0.2, 0) is 14.4 Å². The van der Waals surface area contributed by atoms with Crippen LogP contribution in [0.25, 0.3) is 0 Å². The molecule has 3 amide bonds. The summed E-state index contributed by atoms with van der Waals surface area (Å²) in [5.74, 6) is -0.217. The van der Waals surface area contributed by atoms with Crippen LogP contribution in [0.2, 0.25) is 0 Å². The first-order valence-electron chi connectivity index (χ1n) is 8.62. The maximum absolute atomic E-state index is 12.3. The summed E-state index contributed by atoms with van der Waals surface area (Å²) in [6, 6.07) is 9.44. The second kappa shape index (κ2) is 9.17. The van der Waals surface area contributed by atoms with Crippen LogP contribution in [0.4, 0.5) is 5.69 Å². The van der Waals surface area contributed by atoms with Crippen LogP contribution in [-0.4, -0.2) is 62.9 Å². The van der Waals surface area contributed by atoms with Gasteiger partial charge in [0.25, 0.3) is 5.91 Å². The van der Waals surface area contributed by atoms with Gasteiger partial charge in [0, 0.05) is 38.5 Å². The number of quaternary nitrogens is 1. The largest absolute Gasteiger partial charge is 0.347 e. The molecule has 1 heterocycles. The summed E-state index contributed by atoms with van der Waals surface area (Å²) in [5.41, 5.74) is 0.812. The molecule has 1 fully saturated rings. The summed E-state index contributed by atoms with van der Waals surface area (Å²) in [7, 11) is 3.32. The number of hydrogen-bond donors (Lipinski definition) is 3. The van der Waals surface area contributed by atoms with E-state index in [0.29, 0.717) is 6.54 Å². The number of nitrogens with zero attached hydrogens (tertiary/aromatic N) is 1. The number of benzene rings is 1. The number of nitrogens with one attached hydrogen (secondary N) is 3. The minimum absolute atomic E-state index is 0.0117. The van der Waals surface area contributed by atoms with Gasteiger partial charge in [0.1, 0.15) is 0 Å². The second-order valence-corrected chi connectivity index (χ2v) is 6.62. The van der Waals surface area contributed by atoms with E-state index in [9.17, 15) is 14.4 Å². The summed E-state index contributed by atoms with van der Waals surface area (Å²) in [6.45, 7) is 1.93. The molecule has 0 spiro atoms. The third-order valence-electron chi connectivity index (χ3n) is 4.45. The van der Waals surface area contributed by atoms with Crippen molar-refractivity contribution in [1.29, 1.82) is 0 Å². The highest BCUT2D eigenvalue weighted by Gasteiger charge is 2.28. The molecule has 0 radical (unpaired) electrons. The zero-order valence-corrected chi connectivity index (χ0v) is 14.9. The van der Waals surface area contributed by atoms with Gasteiger partial charge >= 0.3 is 0 Å².